The summed E-state index contributed by atoms with van der Waals surface area (Å²) < 4.78 is 0. The Morgan fingerprint density at radius 3 is 2.11 bits per heavy atom. The van der Waals surface area contributed by atoms with E-state index in [1.54, 1.807) is 13.1 Å². The summed E-state index contributed by atoms with van der Waals surface area (Å²) in [4.78, 5) is 25.0. The number of hydrogen-bond acceptors (Lipinski definition) is 3. The largest absolute Gasteiger partial charge is 0.372 e. The highest BCUT2D eigenvalue weighted by atomic mass is 16.1. The lowest BCUT2D eigenvalue weighted by Gasteiger charge is -2.21. The van der Waals surface area contributed by atoms with E-state index in [1.165, 1.54) is 4.90 Å². The number of nitrogens with zero attached hydrogens (tertiary/aromatic N) is 2. The Labute approximate surface area is 114 Å². The van der Waals surface area contributed by atoms with Crippen molar-refractivity contribution in [2.24, 2.45) is 0 Å². The first-order chi connectivity index (χ1) is 9.15. The Hall–Kier alpha value is -2.10. The van der Waals surface area contributed by atoms with E-state index >= 15 is 0 Å². The third-order valence-electron chi connectivity index (χ3n) is 3.02. The molecule has 1 amide bonds. The minimum Gasteiger partial charge on any atom is -0.372 e. The van der Waals surface area contributed by atoms with E-state index in [1.807, 2.05) is 24.3 Å². The molecule has 0 aliphatic rings. The van der Waals surface area contributed by atoms with E-state index < -0.39 is 0 Å². The smallest absolute Gasteiger partial charge is 0.213 e. The molecular formula is C15H20N2O2. The molecule has 0 fully saturated rings. The van der Waals surface area contributed by atoms with Crippen LogP contribution in [0.5, 0.6) is 0 Å². The molecule has 0 heterocycles. The molecule has 1 aromatic carbocycles. The van der Waals surface area contributed by atoms with Crippen LogP contribution in [-0.2, 0) is 9.59 Å². The van der Waals surface area contributed by atoms with Crippen molar-refractivity contribution in [2.75, 3.05) is 25.0 Å². The van der Waals surface area contributed by atoms with E-state index in [2.05, 4.69) is 18.7 Å². The molecule has 19 heavy (non-hydrogen) atoms. The van der Waals surface area contributed by atoms with Crippen LogP contribution in [0.2, 0.25) is 0 Å². The summed E-state index contributed by atoms with van der Waals surface area (Å²) >= 11 is 0. The van der Waals surface area contributed by atoms with Crippen molar-refractivity contribution in [1.82, 2.24) is 4.90 Å². The number of likely N-dealkylation sites (N-methyl/N-ethyl adjacent to an activating group) is 1. The zero-order valence-electron chi connectivity index (χ0n) is 11.7. The van der Waals surface area contributed by atoms with Gasteiger partial charge in [-0.05, 0) is 37.6 Å². The van der Waals surface area contributed by atoms with Crippen LogP contribution in [0.3, 0.4) is 0 Å². The van der Waals surface area contributed by atoms with Crippen molar-refractivity contribution < 1.29 is 9.59 Å². The van der Waals surface area contributed by atoms with Gasteiger partial charge in [0, 0.05) is 25.8 Å². The summed E-state index contributed by atoms with van der Waals surface area (Å²) in [5, 5.41) is 0. The Morgan fingerprint density at radius 2 is 1.68 bits per heavy atom. The Bertz CT molecular complexity index is 448. The average Bonchev–Trinajstić information content (AvgIpc) is 2.46. The predicted octanol–water partition coefficient (Wildman–Crippen LogP) is 2.16. The molecule has 102 valence electrons. The standard InChI is InChI=1S/C15H20N2O2/c1-4-17(5-2)14-8-6-13(7-9-14)10-15(11-18)16(3)12-19/h6-12H,4-5H2,1-3H3/b15-10+. The first kappa shape index (κ1) is 15.0. The molecule has 0 radical (unpaired) electrons. The lowest BCUT2D eigenvalue weighted by Crippen LogP contribution is -2.21. The van der Waals surface area contributed by atoms with Gasteiger partial charge in [0.05, 0.1) is 5.70 Å². The first-order valence-electron chi connectivity index (χ1n) is 6.36. The molecule has 0 aliphatic carbocycles. The molecule has 0 saturated heterocycles. The highest BCUT2D eigenvalue weighted by Crippen LogP contribution is 2.16. The maximum absolute atomic E-state index is 10.9. The van der Waals surface area contributed by atoms with Crippen molar-refractivity contribution in [2.45, 2.75) is 13.8 Å². The fourth-order valence-electron chi connectivity index (χ4n) is 1.82. The van der Waals surface area contributed by atoms with Gasteiger partial charge in [0.1, 0.15) is 0 Å². The third kappa shape index (κ3) is 3.95. The molecule has 0 aliphatic heterocycles. The molecular weight excluding hydrogens is 240 g/mol. The summed E-state index contributed by atoms with van der Waals surface area (Å²) in [6.45, 7) is 6.14. The van der Waals surface area contributed by atoms with Crippen LogP contribution in [0.15, 0.2) is 30.0 Å². The second kappa shape index (κ2) is 7.36. The van der Waals surface area contributed by atoms with Gasteiger partial charge in [-0.15, -0.1) is 0 Å². The van der Waals surface area contributed by atoms with Gasteiger partial charge in [0.15, 0.2) is 6.29 Å². The van der Waals surface area contributed by atoms with Gasteiger partial charge >= 0.3 is 0 Å². The van der Waals surface area contributed by atoms with Gasteiger partial charge in [-0.1, -0.05) is 12.1 Å². The SMILES string of the molecule is CCN(CC)c1ccc(/C=C(\C=O)N(C)C=O)cc1. The van der Waals surface area contributed by atoms with E-state index in [0.717, 1.165) is 24.3 Å². The predicted molar refractivity (Wildman–Crippen MR) is 77.9 cm³/mol. The molecule has 0 bridgehead atoms. The van der Waals surface area contributed by atoms with Gasteiger partial charge in [0.2, 0.25) is 6.41 Å². The maximum Gasteiger partial charge on any atom is 0.213 e. The quantitative estimate of drug-likeness (QED) is 0.557. The van der Waals surface area contributed by atoms with Crippen LogP contribution >= 0.6 is 0 Å². The summed E-state index contributed by atoms with van der Waals surface area (Å²) in [7, 11) is 1.55. The highest BCUT2D eigenvalue weighted by molar-refractivity contribution is 5.84. The minimum atomic E-state index is 0.339. The third-order valence-corrected chi connectivity index (χ3v) is 3.02. The molecule has 0 aromatic heterocycles. The van der Waals surface area contributed by atoms with E-state index in [4.69, 9.17) is 0 Å². The second-order valence-corrected chi connectivity index (χ2v) is 4.17. The van der Waals surface area contributed by atoms with Crippen LogP contribution in [0.4, 0.5) is 5.69 Å². The van der Waals surface area contributed by atoms with Gasteiger partial charge < -0.3 is 9.80 Å². The van der Waals surface area contributed by atoms with Crippen molar-refractivity contribution in [1.29, 1.82) is 0 Å². The van der Waals surface area contributed by atoms with Gasteiger partial charge in [-0.2, -0.15) is 0 Å². The van der Waals surface area contributed by atoms with Crippen molar-refractivity contribution in [3.05, 3.63) is 35.5 Å². The Balaban J connectivity index is 2.95. The average molecular weight is 260 g/mol. The molecule has 0 N–H and O–H groups in total. The van der Waals surface area contributed by atoms with Gasteiger partial charge in [-0.3, -0.25) is 9.59 Å². The Kier molecular flexibility index (Phi) is 5.79. The second-order valence-electron chi connectivity index (χ2n) is 4.17. The van der Waals surface area contributed by atoms with Crippen molar-refractivity contribution in [3.8, 4) is 0 Å². The van der Waals surface area contributed by atoms with Crippen LogP contribution in [0.1, 0.15) is 19.4 Å². The first-order valence-corrected chi connectivity index (χ1v) is 6.36. The fraction of sp³-hybridized carbons (Fsp3) is 0.333. The topological polar surface area (TPSA) is 40.6 Å². The number of allylic oxidation sites excluding steroid dienone is 1. The van der Waals surface area contributed by atoms with Gasteiger partial charge in [-0.25, -0.2) is 0 Å². The maximum atomic E-state index is 10.9. The molecule has 0 unspecified atom stereocenters. The summed E-state index contributed by atoms with van der Waals surface area (Å²) in [5.41, 5.74) is 2.39. The van der Waals surface area contributed by atoms with Crippen LogP contribution < -0.4 is 4.90 Å². The van der Waals surface area contributed by atoms with E-state index in [9.17, 15) is 9.59 Å². The van der Waals surface area contributed by atoms with Crippen molar-refractivity contribution >= 4 is 24.5 Å². The van der Waals surface area contributed by atoms with Crippen LogP contribution in [0.25, 0.3) is 6.08 Å². The lowest BCUT2D eigenvalue weighted by molar-refractivity contribution is -0.117. The molecule has 1 aromatic rings. The van der Waals surface area contributed by atoms with Crippen molar-refractivity contribution in [3.63, 3.8) is 0 Å². The number of amides is 1. The molecule has 4 heteroatoms. The van der Waals surface area contributed by atoms with Crippen LogP contribution in [0, 0.1) is 0 Å². The number of carbonyl (C=O) groups is 2. The summed E-state index contributed by atoms with van der Waals surface area (Å²) in [6.07, 6.45) is 2.98. The van der Waals surface area contributed by atoms with Gasteiger partial charge in [0.25, 0.3) is 0 Å². The Morgan fingerprint density at radius 1 is 1.11 bits per heavy atom. The van der Waals surface area contributed by atoms with E-state index in [-0.39, 0.29) is 0 Å². The number of anilines is 1. The summed E-state index contributed by atoms with van der Waals surface area (Å²) in [6, 6.07) is 7.91. The van der Waals surface area contributed by atoms with E-state index in [0.29, 0.717) is 18.4 Å². The lowest BCUT2D eigenvalue weighted by atomic mass is 10.1. The van der Waals surface area contributed by atoms with Crippen LogP contribution in [-0.4, -0.2) is 37.7 Å². The normalized spacial score (nSPS) is 11.0. The molecule has 0 saturated carbocycles. The fourth-order valence-corrected chi connectivity index (χ4v) is 1.82. The number of carbonyl (C=O) groups excluding carboxylic acids is 2. The number of rotatable bonds is 7. The zero-order chi connectivity index (χ0) is 14.3. The number of hydrogen-bond donors (Lipinski definition) is 0. The molecule has 4 nitrogen and oxygen atoms in total. The number of aldehydes is 1. The molecule has 0 spiro atoms. The number of benzene rings is 1. The highest BCUT2D eigenvalue weighted by Gasteiger charge is 2.03. The monoisotopic (exact) mass is 260 g/mol. The molecule has 0 atom stereocenters. The minimum absolute atomic E-state index is 0.339. The zero-order valence-corrected chi connectivity index (χ0v) is 11.7. The summed E-state index contributed by atoms with van der Waals surface area (Å²) in [5.74, 6) is 0. The molecule has 1 rings (SSSR count).